The molecule has 0 N–H and O–H groups in total. The van der Waals surface area contributed by atoms with Gasteiger partial charge in [0.2, 0.25) is 0 Å². The third-order valence-corrected chi connectivity index (χ3v) is 9.02. The molecule has 2 heterocycles. The second kappa shape index (κ2) is 8.11. The van der Waals surface area contributed by atoms with Gasteiger partial charge in [-0.2, -0.15) is 0 Å². The van der Waals surface area contributed by atoms with E-state index in [1.165, 1.54) is 0 Å². The minimum absolute atomic E-state index is 0.261. The molecule has 6 heteroatoms. The first kappa shape index (κ1) is 23.8. The van der Waals surface area contributed by atoms with Gasteiger partial charge in [0.25, 0.3) is 0 Å². The van der Waals surface area contributed by atoms with Gasteiger partial charge < -0.3 is 9.47 Å². The highest BCUT2D eigenvalue weighted by Gasteiger charge is 2.46. The Morgan fingerprint density at radius 3 is 1.16 bits per heavy atom. The summed E-state index contributed by atoms with van der Waals surface area (Å²) in [5.41, 5.74) is 6.70. The Balaban J connectivity index is 1.37. The zero-order valence-corrected chi connectivity index (χ0v) is 22.3. The van der Waals surface area contributed by atoms with Crippen LogP contribution in [0.5, 0.6) is 0 Å². The fourth-order valence-corrected chi connectivity index (χ4v) is 7.15. The van der Waals surface area contributed by atoms with Gasteiger partial charge in [-0.05, 0) is 91.3 Å². The Labute approximate surface area is 244 Å². The van der Waals surface area contributed by atoms with Crippen molar-refractivity contribution in [2.75, 3.05) is 0 Å². The van der Waals surface area contributed by atoms with Crippen LogP contribution in [0.2, 0.25) is 0 Å². The molecule has 0 spiro atoms. The Bertz CT molecular complexity index is 2160. The van der Waals surface area contributed by atoms with Gasteiger partial charge in [-0.15, -0.1) is 0 Å². The van der Waals surface area contributed by atoms with Gasteiger partial charge >= 0.3 is 23.9 Å². The maximum Gasteiger partial charge on any atom is 0.346 e. The van der Waals surface area contributed by atoms with Crippen molar-refractivity contribution in [1.29, 1.82) is 0 Å². The standard InChI is InChI=1S/C37H18O6/c38-33-27-15-19-9-11-23(13-21(19)17-29(27)35(40)42-33)37(31-7-3-1-5-25(31)26-6-2-4-8-32(26)37)24-12-10-20-16-28-30(18-22(20)14-24)36(41)43-34(28)39/h1-18H. The number of benzene rings is 6. The van der Waals surface area contributed by atoms with Crippen molar-refractivity contribution in [1.82, 2.24) is 0 Å². The summed E-state index contributed by atoms with van der Waals surface area (Å²) in [5, 5.41) is 3.26. The number of carbonyl (C=O) groups is 4. The van der Waals surface area contributed by atoms with E-state index in [0.29, 0.717) is 0 Å². The number of ether oxygens (including phenoxy) is 2. The first-order chi connectivity index (χ1) is 20.9. The molecule has 3 aliphatic rings. The second-order valence-electron chi connectivity index (χ2n) is 11.1. The Hall–Kier alpha value is -5.88. The largest absolute Gasteiger partial charge is 0.386 e. The molecular formula is C37H18O6. The van der Waals surface area contributed by atoms with Crippen LogP contribution in [0.1, 0.15) is 63.7 Å². The maximum absolute atomic E-state index is 12.4. The number of fused-ring (bicyclic) bond motifs is 7. The summed E-state index contributed by atoms with van der Waals surface area (Å²) in [5.74, 6) is -2.54. The van der Waals surface area contributed by atoms with Gasteiger partial charge in [0, 0.05) is 0 Å². The van der Waals surface area contributed by atoms with Gasteiger partial charge in [-0.3, -0.25) is 0 Å². The van der Waals surface area contributed by atoms with Gasteiger partial charge in [-0.1, -0.05) is 72.8 Å². The first-order valence-corrected chi connectivity index (χ1v) is 13.8. The minimum atomic E-state index is -0.750. The zero-order chi connectivity index (χ0) is 29.0. The topological polar surface area (TPSA) is 86.7 Å². The quantitative estimate of drug-likeness (QED) is 0.168. The molecule has 0 saturated carbocycles. The lowest BCUT2D eigenvalue weighted by molar-refractivity contribution is 0.0425. The first-order valence-electron chi connectivity index (χ1n) is 13.8. The number of esters is 4. The molecule has 0 fully saturated rings. The molecular weight excluding hydrogens is 540 g/mol. The average molecular weight is 559 g/mol. The number of hydrogen-bond acceptors (Lipinski definition) is 6. The summed E-state index contributed by atoms with van der Waals surface area (Å²) in [6, 6.07) is 35.8. The molecule has 2 aliphatic heterocycles. The van der Waals surface area contributed by atoms with Crippen molar-refractivity contribution >= 4 is 45.4 Å². The van der Waals surface area contributed by atoms with Crippen LogP contribution in [0.3, 0.4) is 0 Å². The maximum atomic E-state index is 12.4. The van der Waals surface area contributed by atoms with Crippen molar-refractivity contribution in [2.45, 2.75) is 5.41 Å². The van der Waals surface area contributed by atoms with Gasteiger partial charge in [0.1, 0.15) is 0 Å². The molecule has 43 heavy (non-hydrogen) atoms. The highest BCUT2D eigenvalue weighted by Crippen LogP contribution is 2.56. The molecule has 9 rings (SSSR count). The molecule has 1 aliphatic carbocycles. The molecule has 0 bridgehead atoms. The van der Waals surface area contributed by atoms with E-state index >= 15 is 0 Å². The van der Waals surface area contributed by atoms with Crippen LogP contribution in [0.15, 0.2) is 109 Å². The molecule has 0 radical (unpaired) electrons. The van der Waals surface area contributed by atoms with Crippen LogP contribution in [-0.4, -0.2) is 23.9 Å². The summed E-state index contributed by atoms with van der Waals surface area (Å²) >= 11 is 0. The summed E-state index contributed by atoms with van der Waals surface area (Å²) in [6.45, 7) is 0. The van der Waals surface area contributed by atoms with E-state index in [1.54, 1.807) is 24.3 Å². The van der Waals surface area contributed by atoms with E-state index in [4.69, 9.17) is 9.47 Å². The third-order valence-electron chi connectivity index (χ3n) is 9.02. The molecule has 6 aromatic carbocycles. The van der Waals surface area contributed by atoms with Crippen LogP contribution in [0, 0.1) is 0 Å². The summed E-state index contributed by atoms with van der Waals surface area (Å²) in [4.78, 5) is 49.3. The van der Waals surface area contributed by atoms with E-state index in [0.717, 1.165) is 54.9 Å². The number of hydrogen-bond donors (Lipinski definition) is 0. The second-order valence-corrected chi connectivity index (χ2v) is 11.1. The predicted molar refractivity (Wildman–Crippen MR) is 158 cm³/mol. The molecule has 0 saturated heterocycles. The Morgan fingerprint density at radius 2 is 0.744 bits per heavy atom. The third kappa shape index (κ3) is 3.01. The van der Waals surface area contributed by atoms with Crippen molar-refractivity contribution in [3.63, 3.8) is 0 Å². The van der Waals surface area contributed by atoms with Gasteiger partial charge in [-0.25, -0.2) is 19.2 Å². The zero-order valence-electron chi connectivity index (χ0n) is 22.3. The van der Waals surface area contributed by atoms with Crippen LogP contribution < -0.4 is 0 Å². The fourth-order valence-electron chi connectivity index (χ4n) is 7.15. The lowest BCUT2D eigenvalue weighted by atomic mass is 9.67. The smallest absolute Gasteiger partial charge is 0.346 e. The highest BCUT2D eigenvalue weighted by atomic mass is 16.6. The van der Waals surface area contributed by atoms with Crippen LogP contribution in [0.25, 0.3) is 32.7 Å². The van der Waals surface area contributed by atoms with E-state index < -0.39 is 29.3 Å². The molecule has 6 aromatic rings. The van der Waals surface area contributed by atoms with Crippen LogP contribution in [0.4, 0.5) is 0 Å². The van der Waals surface area contributed by atoms with Crippen LogP contribution in [-0.2, 0) is 14.9 Å². The lowest BCUT2D eigenvalue weighted by Gasteiger charge is -2.34. The Kier molecular flexibility index (Phi) is 4.49. The van der Waals surface area contributed by atoms with E-state index in [-0.39, 0.29) is 22.3 Å². The fraction of sp³-hybridized carbons (Fsp3) is 0.0270. The molecule has 0 aromatic heterocycles. The van der Waals surface area contributed by atoms with Crippen molar-refractivity contribution in [3.8, 4) is 11.1 Å². The molecule has 6 nitrogen and oxygen atoms in total. The SMILES string of the molecule is O=C1OC(=O)c2cc3cc(C4(c5ccc6cc7c(cc6c5)C(=O)OC7=O)c5ccccc5-c5ccccc54)ccc3cc21. The summed E-state index contributed by atoms with van der Waals surface area (Å²) < 4.78 is 9.74. The number of rotatable bonds is 2. The molecule has 0 unspecified atom stereocenters. The Morgan fingerprint density at radius 1 is 0.372 bits per heavy atom. The van der Waals surface area contributed by atoms with E-state index in [2.05, 4.69) is 48.5 Å². The van der Waals surface area contributed by atoms with Gasteiger partial charge in [0.15, 0.2) is 0 Å². The summed E-state index contributed by atoms with van der Waals surface area (Å²) in [7, 11) is 0. The normalized spacial score (nSPS) is 15.7. The monoisotopic (exact) mass is 558 g/mol. The van der Waals surface area contributed by atoms with E-state index in [1.807, 2.05) is 36.4 Å². The van der Waals surface area contributed by atoms with Crippen molar-refractivity contribution in [2.24, 2.45) is 0 Å². The average Bonchev–Trinajstić information content (AvgIpc) is 3.60. The summed E-state index contributed by atoms with van der Waals surface area (Å²) in [6.07, 6.45) is 0. The van der Waals surface area contributed by atoms with Crippen molar-refractivity contribution in [3.05, 3.63) is 154 Å². The molecule has 0 amide bonds. The van der Waals surface area contributed by atoms with E-state index in [9.17, 15) is 19.2 Å². The molecule has 0 atom stereocenters. The lowest BCUT2D eigenvalue weighted by Crippen LogP contribution is -2.28. The number of carbonyl (C=O) groups excluding carboxylic acids is 4. The number of cyclic esters (lactones) is 4. The van der Waals surface area contributed by atoms with Crippen molar-refractivity contribution < 1.29 is 28.7 Å². The molecule has 202 valence electrons. The highest BCUT2D eigenvalue weighted by molar-refractivity contribution is 6.18. The minimum Gasteiger partial charge on any atom is -0.386 e. The van der Waals surface area contributed by atoms with Crippen LogP contribution >= 0.6 is 0 Å². The predicted octanol–water partition coefficient (Wildman–Crippen LogP) is 6.98. The van der Waals surface area contributed by atoms with Gasteiger partial charge in [0.05, 0.1) is 27.7 Å².